The predicted molar refractivity (Wildman–Crippen MR) is 37.0 cm³/mol. The molecular formula is C9H14. The van der Waals surface area contributed by atoms with Crippen molar-refractivity contribution in [3.63, 3.8) is 0 Å². The summed E-state index contributed by atoms with van der Waals surface area (Å²) in [5.41, 5.74) is 1.79. The third-order valence-electron chi connectivity index (χ3n) is 4.69. The van der Waals surface area contributed by atoms with E-state index in [1.807, 2.05) is 0 Å². The molecule has 0 aromatic carbocycles. The van der Waals surface area contributed by atoms with Crippen LogP contribution in [0.5, 0.6) is 0 Å². The highest BCUT2D eigenvalue weighted by Gasteiger charge is 2.86. The highest BCUT2D eigenvalue weighted by Crippen LogP contribution is 2.92. The van der Waals surface area contributed by atoms with Crippen LogP contribution in [0.1, 0.15) is 33.1 Å². The quantitative estimate of drug-likeness (QED) is 0.463. The van der Waals surface area contributed by atoms with Gasteiger partial charge >= 0.3 is 0 Å². The van der Waals surface area contributed by atoms with Gasteiger partial charge in [0.15, 0.2) is 0 Å². The van der Waals surface area contributed by atoms with Crippen LogP contribution in [0.3, 0.4) is 0 Å². The van der Waals surface area contributed by atoms with E-state index in [1.165, 1.54) is 5.92 Å². The lowest BCUT2D eigenvalue weighted by molar-refractivity contribution is 0.318. The van der Waals surface area contributed by atoms with Gasteiger partial charge in [-0.05, 0) is 41.9 Å². The molecule has 3 rings (SSSR count). The van der Waals surface area contributed by atoms with Crippen LogP contribution >= 0.6 is 0 Å². The first kappa shape index (κ1) is 4.76. The Bertz CT molecular complexity index is 184. The summed E-state index contributed by atoms with van der Waals surface area (Å²) in [4.78, 5) is 0. The van der Waals surface area contributed by atoms with Gasteiger partial charge in [-0.25, -0.2) is 0 Å². The van der Waals surface area contributed by atoms with E-state index in [-0.39, 0.29) is 0 Å². The summed E-state index contributed by atoms with van der Waals surface area (Å²) in [5, 5.41) is 0. The summed E-state index contributed by atoms with van der Waals surface area (Å²) in [6, 6.07) is 0. The maximum Gasteiger partial charge on any atom is -0.0178 e. The SMILES string of the molecule is CC1CC12C1CCC12C. The Balaban J connectivity index is 2.00. The molecule has 50 valence electrons. The van der Waals surface area contributed by atoms with Gasteiger partial charge in [0.05, 0.1) is 0 Å². The molecule has 1 spiro atoms. The van der Waals surface area contributed by atoms with Crippen molar-refractivity contribution in [2.45, 2.75) is 33.1 Å². The largest absolute Gasteiger partial charge is 0.0619 e. The fourth-order valence-electron chi connectivity index (χ4n) is 3.84. The van der Waals surface area contributed by atoms with E-state index in [9.17, 15) is 0 Å². The zero-order valence-electron chi connectivity index (χ0n) is 6.28. The van der Waals surface area contributed by atoms with Crippen LogP contribution in [0.15, 0.2) is 0 Å². The van der Waals surface area contributed by atoms with Crippen molar-refractivity contribution >= 4 is 0 Å². The molecule has 0 aliphatic heterocycles. The predicted octanol–water partition coefficient (Wildman–Crippen LogP) is 2.44. The third kappa shape index (κ3) is 0.249. The molecule has 0 heterocycles. The minimum atomic E-state index is 0.867. The zero-order chi connectivity index (χ0) is 6.28. The summed E-state index contributed by atoms with van der Waals surface area (Å²) in [5.74, 6) is 2.27. The highest BCUT2D eigenvalue weighted by atomic mass is 14.9. The van der Waals surface area contributed by atoms with E-state index < -0.39 is 0 Å². The second kappa shape index (κ2) is 0.889. The molecule has 0 heteroatoms. The van der Waals surface area contributed by atoms with E-state index in [2.05, 4.69) is 13.8 Å². The molecule has 4 unspecified atom stereocenters. The third-order valence-corrected chi connectivity index (χ3v) is 4.69. The minimum absolute atomic E-state index is 0.867. The summed E-state index contributed by atoms with van der Waals surface area (Å²) in [6.45, 7) is 4.94. The molecule has 0 aromatic rings. The Labute approximate surface area is 56.6 Å². The van der Waals surface area contributed by atoms with Crippen molar-refractivity contribution in [1.82, 2.24) is 0 Å². The van der Waals surface area contributed by atoms with Gasteiger partial charge < -0.3 is 0 Å². The van der Waals surface area contributed by atoms with Crippen molar-refractivity contribution in [2.24, 2.45) is 22.7 Å². The lowest BCUT2D eigenvalue weighted by Gasteiger charge is -2.18. The lowest BCUT2D eigenvalue weighted by Crippen LogP contribution is -2.08. The average Bonchev–Trinajstić information content (AvgIpc) is 2.45. The minimum Gasteiger partial charge on any atom is -0.0619 e. The summed E-state index contributed by atoms with van der Waals surface area (Å²) >= 11 is 0. The van der Waals surface area contributed by atoms with Crippen LogP contribution in [0.4, 0.5) is 0 Å². The molecule has 9 heavy (non-hydrogen) atoms. The number of hydrogen-bond acceptors (Lipinski definition) is 0. The lowest BCUT2D eigenvalue weighted by atomic mass is 9.86. The Kier molecular flexibility index (Phi) is 0.470. The fourth-order valence-corrected chi connectivity index (χ4v) is 3.84. The van der Waals surface area contributed by atoms with Gasteiger partial charge in [0.1, 0.15) is 0 Å². The average molecular weight is 122 g/mol. The Morgan fingerprint density at radius 3 is 2.11 bits per heavy atom. The molecule has 0 N–H and O–H groups in total. The van der Waals surface area contributed by atoms with Crippen molar-refractivity contribution < 1.29 is 0 Å². The molecule has 3 aliphatic carbocycles. The number of fused-ring (bicyclic) bond motifs is 3. The molecule has 4 atom stereocenters. The number of hydrogen-bond donors (Lipinski definition) is 0. The van der Waals surface area contributed by atoms with Gasteiger partial charge in [0.2, 0.25) is 0 Å². The van der Waals surface area contributed by atoms with Crippen LogP contribution in [0.2, 0.25) is 0 Å². The second-order valence-electron chi connectivity index (χ2n) is 4.65. The van der Waals surface area contributed by atoms with Gasteiger partial charge in [0.25, 0.3) is 0 Å². The van der Waals surface area contributed by atoms with Crippen molar-refractivity contribution in [1.29, 1.82) is 0 Å². The zero-order valence-corrected chi connectivity index (χ0v) is 6.28. The van der Waals surface area contributed by atoms with Gasteiger partial charge in [-0.1, -0.05) is 13.8 Å². The first-order chi connectivity index (χ1) is 4.22. The van der Waals surface area contributed by atoms with Crippen LogP contribution in [0, 0.1) is 22.7 Å². The van der Waals surface area contributed by atoms with Crippen molar-refractivity contribution in [3.8, 4) is 0 Å². The van der Waals surface area contributed by atoms with Crippen LogP contribution in [0.25, 0.3) is 0 Å². The Morgan fingerprint density at radius 2 is 2.00 bits per heavy atom. The van der Waals surface area contributed by atoms with Crippen molar-refractivity contribution in [3.05, 3.63) is 0 Å². The molecule has 0 bridgehead atoms. The van der Waals surface area contributed by atoms with E-state index in [4.69, 9.17) is 0 Å². The van der Waals surface area contributed by atoms with Crippen molar-refractivity contribution in [2.75, 3.05) is 0 Å². The summed E-state index contributed by atoms with van der Waals surface area (Å²) in [7, 11) is 0. The van der Waals surface area contributed by atoms with Crippen LogP contribution < -0.4 is 0 Å². The molecule has 0 saturated heterocycles. The Morgan fingerprint density at radius 1 is 1.44 bits per heavy atom. The van der Waals surface area contributed by atoms with Gasteiger partial charge in [0, 0.05) is 0 Å². The monoisotopic (exact) mass is 122 g/mol. The molecule has 0 radical (unpaired) electrons. The first-order valence-corrected chi connectivity index (χ1v) is 4.22. The summed E-state index contributed by atoms with van der Waals surface area (Å²) < 4.78 is 0. The fraction of sp³-hybridized carbons (Fsp3) is 1.00. The summed E-state index contributed by atoms with van der Waals surface area (Å²) in [6.07, 6.45) is 4.66. The Hall–Kier alpha value is 0. The van der Waals surface area contributed by atoms with E-state index in [1.54, 1.807) is 19.3 Å². The standard InChI is InChI=1S/C9H14/c1-6-5-9(6)7-3-4-8(7,9)2/h6-7H,3-5H2,1-2H3. The molecule has 0 amide bonds. The molecular weight excluding hydrogens is 108 g/mol. The molecule has 0 nitrogen and oxygen atoms in total. The molecule has 3 saturated carbocycles. The first-order valence-electron chi connectivity index (χ1n) is 4.22. The van der Waals surface area contributed by atoms with E-state index in [0.717, 1.165) is 16.7 Å². The topological polar surface area (TPSA) is 0 Å². The molecule has 3 fully saturated rings. The van der Waals surface area contributed by atoms with E-state index in [0.29, 0.717) is 0 Å². The van der Waals surface area contributed by atoms with E-state index >= 15 is 0 Å². The highest BCUT2D eigenvalue weighted by molar-refractivity contribution is 5.34. The normalized spacial score (nSPS) is 75.3. The van der Waals surface area contributed by atoms with Gasteiger partial charge in [-0.15, -0.1) is 0 Å². The maximum atomic E-state index is 2.50. The smallest absolute Gasteiger partial charge is 0.0178 e. The van der Waals surface area contributed by atoms with Crippen LogP contribution in [-0.2, 0) is 0 Å². The maximum absolute atomic E-state index is 2.50. The van der Waals surface area contributed by atoms with Gasteiger partial charge in [-0.2, -0.15) is 0 Å². The number of rotatable bonds is 0. The second-order valence-corrected chi connectivity index (χ2v) is 4.65. The van der Waals surface area contributed by atoms with Crippen LogP contribution in [-0.4, -0.2) is 0 Å². The molecule has 3 aliphatic rings. The molecule has 0 aromatic heterocycles. The van der Waals surface area contributed by atoms with Gasteiger partial charge in [-0.3, -0.25) is 0 Å².